The normalized spacial score (nSPS) is 11.3. The first-order valence-electron chi connectivity index (χ1n) is 29.7. The third-order valence-electron chi connectivity index (χ3n) is 14.0. The number of fused-ring (bicyclic) bond motifs is 3. The minimum Gasteiger partial charge on any atom is -0.490 e. The van der Waals surface area contributed by atoms with Crippen molar-refractivity contribution in [2.75, 3.05) is 79.3 Å². The Bertz CT molecular complexity index is 3250. The van der Waals surface area contributed by atoms with Crippen molar-refractivity contribution in [2.24, 2.45) is 0 Å². The quantitative estimate of drug-likeness (QED) is 0.0118. The van der Waals surface area contributed by atoms with Crippen LogP contribution in [0.1, 0.15) is 87.3 Å². The van der Waals surface area contributed by atoms with Gasteiger partial charge < -0.3 is 47.4 Å². The van der Waals surface area contributed by atoms with Crippen molar-refractivity contribution < 1.29 is 85.2 Å². The lowest BCUT2D eigenvalue weighted by molar-refractivity contribution is -0.150. The average Bonchev–Trinajstić information content (AvgIpc) is 1.61. The minimum absolute atomic E-state index is 0. The van der Waals surface area contributed by atoms with Crippen molar-refractivity contribution in [3.8, 4) is 34.1 Å². The molecule has 0 spiro atoms. The molecule has 0 fully saturated rings. The topological polar surface area (TPSA) is 221 Å². The molecule has 6 aromatic rings. The van der Waals surface area contributed by atoms with Crippen LogP contribution in [0.2, 0.25) is 0 Å². The molecule has 1 aliphatic carbocycles. The van der Waals surface area contributed by atoms with Crippen LogP contribution in [0, 0.1) is 0 Å². The predicted octanol–water partition coefficient (Wildman–Crippen LogP) is 13.7. The molecule has 1 aliphatic rings. The fourth-order valence-corrected chi connectivity index (χ4v) is 9.78. The number of carbonyl (C=O) groups is 6. The number of esters is 6. The lowest BCUT2D eigenvalue weighted by Crippen LogP contribution is -2.28. The summed E-state index contributed by atoms with van der Waals surface area (Å²) in [5, 5.41) is 0. The lowest BCUT2D eigenvalue weighted by atomic mass is 9.68. The van der Waals surface area contributed by atoms with Crippen molar-refractivity contribution in [3.05, 3.63) is 242 Å². The maximum atomic E-state index is 11.3. The molecule has 0 radical (unpaired) electrons. The van der Waals surface area contributed by atoms with E-state index in [2.05, 4.69) is 120 Å². The second-order valence-corrected chi connectivity index (χ2v) is 21.8. The summed E-state index contributed by atoms with van der Waals surface area (Å²) in [6.07, 6.45) is 7.07. The van der Waals surface area contributed by atoms with Crippen LogP contribution >= 0.6 is 8.03 Å². The van der Waals surface area contributed by atoms with Crippen LogP contribution in [0.3, 0.4) is 0 Å². The fourth-order valence-electron chi connectivity index (χ4n) is 9.40. The van der Waals surface area contributed by atoms with Gasteiger partial charge in [-0.2, -0.15) is 0 Å². The zero-order chi connectivity index (χ0) is 66.7. The van der Waals surface area contributed by atoms with Crippen molar-refractivity contribution in [1.82, 2.24) is 0 Å². The Labute approximate surface area is 546 Å². The summed E-state index contributed by atoms with van der Waals surface area (Å²) in [6, 6.07) is 48.8. The van der Waals surface area contributed by atoms with Gasteiger partial charge in [0, 0.05) is 41.7 Å². The number of hydrogen-bond acceptors (Lipinski definition) is 18. The van der Waals surface area contributed by atoms with E-state index in [0.717, 1.165) is 59.4 Å². The summed E-state index contributed by atoms with van der Waals surface area (Å²) < 4.78 is 67.8. The Morgan fingerprint density at radius 3 is 1.12 bits per heavy atom. The first-order chi connectivity index (χ1) is 44.4. The van der Waals surface area contributed by atoms with Crippen LogP contribution in [0.25, 0.3) is 11.1 Å². The van der Waals surface area contributed by atoms with Crippen molar-refractivity contribution >= 4 is 43.8 Å². The van der Waals surface area contributed by atoms with Crippen LogP contribution in [0.4, 0.5) is 0 Å². The Kier molecular flexibility index (Phi) is 32.5. The number of hydrogen-bond donors (Lipinski definition) is 0. The summed E-state index contributed by atoms with van der Waals surface area (Å²) in [5.41, 5.74) is 8.72. The molecule has 19 heteroatoms. The molecule has 0 aromatic heterocycles. The highest BCUT2D eigenvalue weighted by atomic mass is 31.1. The monoisotopic (exact) mass is 1290 g/mol. The summed E-state index contributed by atoms with van der Waals surface area (Å²) in [4.78, 5) is 66.9. The summed E-state index contributed by atoms with van der Waals surface area (Å²) in [5.74, 6) is 0.0768. The van der Waals surface area contributed by atoms with Crippen molar-refractivity contribution in [2.45, 2.75) is 64.7 Å². The van der Waals surface area contributed by atoms with Gasteiger partial charge in [0.25, 0.3) is 0 Å². The van der Waals surface area contributed by atoms with Crippen LogP contribution in [0.5, 0.6) is 23.0 Å². The molecular formula is C74H84O18P+. The highest BCUT2D eigenvalue weighted by molar-refractivity contribution is 7.38. The molecule has 0 N–H and O–H groups in total. The molecule has 18 nitrogen and oxygen atoms in total. The van der Waals surface area contributed by atoms with Crippen LogP contribution in [-0.2, 0) is 77.1 Å². The van der Waals surface area contributed by atoms with Crippen LogP contribution in [-0.4, -0.2) is 115 Å². The summed E-state index contributed by atoms with van der Waals surface area (Å²) in [6.45, 7) is 26.4. The Morgan fingerprint density at radius 2 is 0.774 bits per heavy atom. The number of unbranched alkanes of at least 4 members (excludes halogenated alkanes) is 2. The Balaban J connectivity index is 0.000000315. The van der Waals surface area contributed by atoms with Crippen molar-refractivity contribution in [1.29, 1.82) is 0 Å². The highest BCUT2D eigenvalue weighted by Gasteiger charge is 2.46. The zero-order valence-corrected chi connectivity index (χ0v) is 53.5. The number of benzene rings is 6. The Hall–Kier alpha value is -9.90. The summed E-state index contributed by atoms with van der Waals surface area (Å²) >= 11 is 0. The predicted molar refractivity (Wildman–Crippen MR) is 357 cm³/mol. The smallest absolute Gasteiger partial charge is 0.490 e. The van der Waals surface area contributed by atoms with Gasteiger partial charge in [0.05, 0.1) is 5.41 Å². The molecule has 93 heavy (non-hydrogen) atoms. The average molecular weight is 1290 g/mol. The van der Waals surface area contributed by atoms with Gasteiger partial charge in [-0.3, -0.25) is 4.79 Å². The molecule has 1 unspecified atom stereocenters. The van der Waals surface area contributed by atoms with E-state index in [9.17, 15) is 33.3 Å². The number of carbonyl (C=O) groups excluding carboxylic acids is 6. The van der Waals surface area contributed by atoms with Gasteiger partial charge in [-0.05, 0) is 117 Å². The Morgan fingerprint density at radius 1 is 0.441 bits per heavy atom. The molecule has 1 atom stereocenters. The van der Waals surface area contributed by atoms with E-state index in [1.165, 1.54) is 28.9 Å². The second-order valence-electron chi connectivity index (χ2n) is 20.7. The third-order valence-corrected chi connectivity index (χ3v) is 14.5. The van der Waals surface area contributed by atoms with Gasteiger partial charge in [0.1, 0.15) is 95.7 Å². The first kappa shape index (κ1) is 75.6. The standard InChI is InChI=1S/C35H30O6.C25H28O6.C13H22O6P.CH4/c1-3-33(36)40-23-21-38-27-17-13-25(14-18-27)35(26-15-19-28(20-16-26)39-22-24-41-34(37)4-2)31-11-7-5-9-29(31)30-10-6-8-12-32(30)35;1-5-23(26)30-17-15-28-21-11-7-19(8-12-21)25(3,4)20-9-13-22(14-10-20)29-16-18-31-24(27)6-2;1-11(2)13(15)18-10-9-17-12(14)7-5-4-6-8-19-20(3)16;/h3-20H,1-2,21-24H2;5-14H,1-2,15-18H2,3-4H3;1,4-10H2,2-3H3;1H4/q;;+1;. The number of ether oxygens (including phenoxy) is 10. The molecule has 0 saturated heterocycles. The maximum absolute atomic E-state index is 11.3. The van der Waals surface area contributed by atoms with E-state index in [-0.39, 0.29) is 84.9 Å². The van der Waals surface area contributed by atoms with Crippen molar-refractivity contribution in [3.63, 3.8) is 0 Å². The molecule has 0 aliphatic heterocycles. The van der Waals surface area contributed by atoms with Gasteiger partial charge >= 0.3 is 43.8 Å². The van der Waals surface area contributed by atoms with E-state index >= 15 is 0 Å². The molecular weight excluding hydrogens is 1210 g/mol. The van der Waals surface area contributed by atoms with Gasteiger partial charge in [-0.1, -0.05) is 158 Å². The second kappa shape index (κ2) is 40.1. The van der Waals surface area contributed by atoms with E-state index in [4.69, 9.17) is 51.9 Å². The minimum atomic E-state index is -1.54. The molecule has 0 bridgehead atoms. The SMILES string of the molecule is C.C=C(C)C(=O)OCCOC(=O)CCCCCO[P+](C)=O.C=CC(=O)OCCOc1ccc(C(C)(C)c2ccc(OCCOC(=O)C=C)cc2)cc1.C=CC(=O)OCCOc1ccc(C2(c3ccc(OCCOC(=O)C=C)cc3)c3ccccc3-c3ccccc32)cc1. The molecule has 0 heterocycles. The lowest BCUT2D eigenvalue weighted by Gasteiger charge is -2.34. The first-order valence-corrected chi connectivity index (χ1v) is 31.3. The van der Waals surface area contributed by atoms with Gasteiger partial charge in [-0.15, -0.1) is 4.52 Å². The zero-order valence-electron chi connectivity index (χ0n) is 52.6. The van der Waals surface area contributed by atoms with Crippen LogP contribution < -0.4 is 18.9 Å². The highest BCUT2D eigenvalue weighted by Crippen LogP contribution is 2.56. The van der Waals surface area contributed by atoms with E-state index in [1.807, 2.05) is 72.8 Å². The van der Waals surface area contributed by atoms with E-state index in [0.29, 0.717) is 48.0 Å². The van der Waals surface area contributed by atoms with Gasteiger partial charge in [0.2, 0.25) is 0 Å². The summed E-state index contributed by atoms with van der Waals surface area (Å²) in [7, 11) is -1.54. The number of rotatable bonds is 35. The van der Waals surface area contributed by atoms with Gasteiger partial charge in [0.15, 0.2) is 6.66 Å². The van der Waals surface area contributed by atoms with Gasteiger partial charge in [-0.25, -0.2) is 24.0 Å². The van der Waals surface area contributed by atoms with E-state index in [1.54, 1.807) is 6.92 Å². The van der Waals surface area contributed by atoms with Crippen LogP contribution in [0.15, 0.2) is 208 Å². The molecule has 6 aromatic carbocycles. The fraction of sp³-hybridized carbons (Fsp3) is 0.297. The molecule has 492 valence electrons. The molecule has 0 saturated carbocycles. The molecule has 7 rings (SSSR count). The van der Waals surface area contributed by atoms with E-state index < -0.39 is 43.3 Å². The third kappa shape index (κ3) is 24.0. The maximum Gasteiger partial charge on any atom is 0.504 e. The molecule has 0 amide bonds. The largest absolute Gasteiger partial charge is 0.504 e.